The molecule has 0 saturated carbocycles. The number of aromatic nitrogens is 3. The van der Waals surface area contributed by atoms with Gasteiger partial charge in [0.25, 0.3) is 0 Å². The highest BCUT2D eigenvalue weighted by atomic mass is 16.5. The monoisotopic (exact) mass is 336 g/mol. The molecule has 25 heavy (non-hydrogen) atoms. The molecule has 1 amide bonds. The van der Waals surface area contributed by atoms with Gasteiger partial charge in [0.1, 0.15) is 0 Å². The number of nitrogens with two attached hydrogens (primary N) is 1. The van der Waals surface area contributed by atoms with Crippen LogP contribution in [-0.2, 0) is 4.74 Å². The number of benzene rings is 2. The smallest absolute Gasteiger partial charge is 0.358 e. The Hall–Kier alpha value is -3.48. The van der Waals surface area contributed by atoms with E-state index in [9.17, 15) is 9.59 Å². The zero-order valence-corrected chi connectivity index (χ0v) is 13.5. The van der Waals surface area contributed by atoms with E-state index in [2.05, 4.69) is 10.3 Å². The fourth-order valence-electron chi connectivity index (χ4n) is 2.51. The van der Waals surface area contributed by atoms with Crippen molar-refractivity contribution in [3.63, 3.8) is 0 Å². The van der Waals surface area contributed by atoms with Crippen molar-refractivity contribution >= 4 is 11.9 Å². The van der Waals surface area contributed by atoms with Crippen LogP contribution in [0.15, 0.2) is 54.7 Å². The SMILES string of the molecule is CCOC(=O)c1cnnn1-c1ccc(-c2ccccc2)c(C(N)=O)c1. The van der Waals surface area contributed by atoms with Gasteiger partial charge in [0.05, 0.1) is 18.5 Å². The summed E-state index contributed by atoms with van der Waals surface area (Å²) < 4.78 is 6.31. The molecule has 2 aromatic carbocycles. The van der Waals surface area contributed by atoms with E-state index in [1.807, 2.05) is 30.3 Å². The summed E-state index contributed by atoms with van der Waals surface area (Å²) >= 11 is 0. The molecule has 0 atom stereocenters. The average Bonchev–Trinajstić information content (AvgIpc) is 3.12. The van der Waals surface area contributed by atoms with Gasteiger partial charge in [-0.1, -0.05) is 41.6 Å². The molecule has 0 aliphatic rings. The fourth-order valence-corrected chi connectivity index (χ4v) is 2.51. The van der Waals surface area contributed by atoms with E-state index in [1.165, 1.54) is 10.9 Å². The van der Waals surface area contributed by atoms with Crippen molar-refractivity contribution in [2.24, 2.45) is 5.73 Å². The third-order valence-electron chi connectivity index (χ3n) is 3.63. The zero-order chi connectivity index (χ0) is 17.8. The lowest BCUT2D eigenvalue weighted by Gasteiger charge is -2.11. The number of carbonyl (C=O) groups excluding carboxylic acids is 2. The van der Waals surface area contributed by atoms with E-state index < -0.39 is 11.9 Å². The molecule has 7 nitrogen and oxygen atoms in total. The minimum atomic E-state index is -0.571. The first-order valence-electron chi connectivity index (χ1n) is 7.69. The van der Waals surface area contributed by atoms with Gasteiger partial charge in [0.2, 0.25) is 5.91 Å². The van der Waals surface area contributed by atoms with Crippen LogP contribution in [0.1, 0.15) is 27.8 Å². The highest BCUT2D eigenvalue weighted by Crippen LogP contribution is 2.26. The van der Waals surface area contributed by atoms with Crippen LogP contribution in [0.5, 0.6) is 0 Å². The molecule has 126 valence electrons. The molecular formula is C18H16N4O3. The lowest BCUT2D eigenvalue weighted by atomic mass is 9.98. The number of nitrogens with zero attached hydrogens (tertiary/aromatic N) is 3. The van der Waals surface area contributed by atoms with Crippen LogP contribution < -0.4 is 5.73 Å². The van der Waals surface area contributed by atoms with Gasteiger partial charge in [-0.05, 0) is 30.2 Å². The Kier molecular flexibility index (Phi) is 4.56. The van der Waals surface area contributed by atoms with Gasteiger partial charge in [-0.3, -0.25) is 4.79 Å². The molecule has 0 saturated heterocycles. The van der Waals surface area contributed by atoms with Crippen molar-refractivity contribution in [3.8, 4) is 16.8 Å². The molecule has 0 spiro atoms. The number of hydrogen-bond donors (Lipinski definition) is 1. The molecule has 0 aliphatic heterocycles. The molecular weight excluding hydrogens is 320 g/mol. The van der Waals surface area contributed by atoms with Crippen molar-refractivity contribution in [1.82, 2.24) is 15.0 Å². The molecule has 0 radical (unpaired) electrons. The number of amides is 1. The Balaban J connectivity index is 2.09. The van der Waals surface area contributed by atoms with E-state index in [4.69, 9.17) is 10.5 Å². The van der Waals surface area contributed by atoms with Gasteiger partial charge >= 0.3 is 5.97 Å². The van der Waals surface area contributed by atoms with E-state index in [1.54, 1.807) is 25.1 Å². The second kappa shape index (κ2) is 6.96. The molecule has 0 fully saturated rings. The van der Waals surface area contributed by atoms with Crippen LogP contribution in [-0.4, -0.2) is 33.5 Å². The summed E-state index contributed by atoms with van der Waals surface area (Å²) in [7, 11) is 0. The number of primary amides is 1. The number of carbonyl (C=O) groups is 2. The lowest BCUT2D eigenvalue weighted by molar-refractivity contribution is 0.0515. The normalized spacial score (nSPS) is 10.4. The van der Waals surface area contributed by atoms with Gasteiger partial charge in [-0.15, -0.1) is 5.10 Å². The third-order valence-corrected chi connectivity index (χ3v) is 3.63. The van der Waals surface area contributed by atoms with Crippen LogP contribution in [0.3, 0.4) is 0 Å². The molecule has 0 bridgehead atoms. The van der Waals surface area contributed by atoms with Gasteiger partial charge < -0.3 is 10.5 Å². The van der Waals surface area contributed by atoms with Crippen LogP contribution in [0.4, 0.5) is 0 Å². The minimum absolute atomic E-state index is 0.171. The predicted molar refractivity (Wildman–Crippen MR) is 91.3 cm³/mol. The summed E-state index contributed by atoms with van der Waals surface area (Å²) in [4.78, 5) is 23.9. The van der Waals surface area contributed by atoms with Crippen LogP contribution in [0.25, 0.3) is 16.8 Å². The summed E-state index contributed by atoms with van der Waals surface area (Å²) in [6.07, 6.45) is 1.31. The summed E-state index contributed by atoms with van der Waals surface area (Å²) in [6.45, 7) is 1.95. The van der Waals surface area contributed by atoms with E-state index in [0.29, 0.717) is 16.8 Å². The highest BCUT2D eigenvalue weighted by Gasteiger charge is 2.18. The molecule has 1 heterocycles. The fraction of sp³-hybridized carbons (Fsp3) is 0.111. The number of rotatable bonds is 5. The Bertz CT molecular complexity index is 919. The quantitative estimate of drug-likeness (QED) is 0.720. The summed E-state index contributed by atoms with van der Waals surface area (Å²) in [6, 6.07) is 14.5. The number of esters is 1. The topological polar surface area (TPSA) is 100 Å². The van der Waals surface area contributed by atoms with E-state index in [-0.39, 0.29) is 12.3 Å². The minimum Gasteiger partial charge on any atom is -0.461 e. The predicted octanol–water partition coefficient (Wildman–Crippen LogP) is 2.21. The first-order chi connectivity index (χ1) is 12.1. The molecule has 2 N–H and O–H groups in total. The number of hydrogen-bond acceptors (Lipinski definition) is 5. The summed E-state index contributed by atoms with van der Waals surface area (Å²) in [5.41, 5.74) is 8.11. The van der Waals surface area contributed by atoms with Gasteiger partial charge in [-0.2, -0.15) is 0 Å². The maximum atomic E-state index is 12.0. The Labute approximate surface area is 144 Å². The van der Waals surface area contributed by atoms with Crippen LogP contribution >= 0.6 is 0 Å². The molecule has 1 aromatic heterocycles. The van der Waals surface area contributed by atoms with Crippen molar-refractivity contribution in [1.29, 1.82) is 0 Å². The van der Waals surface area contributed by atoms with Crippen molar-refractivity contribution in [2.45, 2.75) is 6.92 Å². The third kappa shape index (κ3) is 3.25. The van der Waals surface area contributed by atoms with Gasteiger partial charge in [0, 0.05) is 5.56 Å². The van der Waals surface area contributed by atoms with E-state index >= 15 is 0 Å². The largest absolute Gasteiger partial charge is 0.461 e. The van der Waals surface area contributed by atoms with Crippen molar-refractivity contribution in [3.05, 3.63) is 66.0 Å². The first kappa shape index (κ1) is 16.4. The number of ether oxygens (including phenoxy) is 1. The maximum absolute atomic E-state index is 12.0. The molecule has 0 unspecified atom stereocenters. The molecule has 7 heteroatoms. The molecule has 3 aromatic rings. The zero-order valence-electron chi connectivity index (χ0n) is 13.5. The van der Waals surface area contributed by atoms with Crippen molar-refractivity contribution < 1.29 is 14.3 Å². The van der Waals surface area contributed by atoms with Crippen LogP contribution in [0.2, 0.25) is 0 Å². The Morgan fingerprint density at radius 3 is 2.60 bits per heavy atom. The standard InChI is InChI=1S/C18H16N4O3/c1-2-25-18(24)16-11-20-21-22(16)13-8-9-14(15(10-13)17(19)23)12-6-4-3-5-7-12/h3-11H,2H2,1H3,(H2,19,23). The van der Waals surface area contributed by atoms with Gasteiger partial charge in [-0.25, -0.2) is 9.48 Å². The van der Waals surface area contributed by atoms with Crippen LogP contribution in [0, 0.1) is 0 Å². The Morgan fingerprint density at radius 1 is 1.16 bits per heavy atom. The highest BCUT2D eigenvalue weighted by molar-refractivity contribution is 6.00. The maximum Gasteiger partial charge on any atom is 0.358 e. The first-order valence-corrected chi connectivity index (χ1v) is 7.69. The summed E-state index contributed by atoms with van der Waals surface area (Å²) in [5, 5.41) is 7.66. The second-order valence-corrected chi connectivity index (χ2v) is 5.21. The van der Waals surface area contributed by atoms with Crippen molar-refractivity contribution in [2.75, 3.05) is 6.61 Å². The van der Waals surface area contributed by atoms with E-state index in [0.717, 1.165) is 5.56 Å². The Morgan fingerprint density at radius 2 is 1.92 bits per heavy atom. The van der Waals surface area contributed by atoms with Gasteiger partial charge in [0.15, 0.2) is 5.69 Å². The molecule has 0 aliphatic carbocycles. The summed E-state index contributed by atoms with van der Waals surface area (Å²) in [5.74, 6) is -1.11. The lowest BCUT2D eigenvalue weighted by Crippen LogP contribution is -2.15. The average molecular weight is 336 g/mol. The second-order valence-electron chi connectivity index (χ2n) is 5.21. The molecule has 3 rings (SSSR count).